The van der Waals surface area contributed by atoms with E-state index in [1.54, 1.807) is 18.2 Å². The number of likely N-dealkylation sites (tertiary alicyclic amines) is 1. The first-order valence-electron chi connectivity index (χ1n) is 9.73. The van der Waals surface area contributed by atoms with Crippen LogP contribution in [0.4, 0.5) is 5.69 Å². The number of hydrogen-bond acceptors (Lipinski definition) is 3. The Hall–Kier alpha value is -1.30. The van der Waals surface area contributed by atoms with E-state index in [9.17, 15) is 9.59 Å². The molecule has 2 N–H and O–H groups in total. The van der Waals surface area contributed by atoms with Crippen molar-refractivity contribution in [3.8, 4) is 0 Å². The lowest BCUT2D eigenvalue weighted by molar-refractivity contribution is -0.116. The summed E-state index contributed by atoms with van der Waals surface area (Å²) >= 11 is 6.32. The highest BCUT2D eigenvalue weighted by Crippen LogP contribution is 2.24. The Morgan fingerprint density at radius 2 is 1.85 bits per heavy atom. The van der Waals surface area contributed by atoms with Crippen molar-refractivity contribution in [3.05, 3.63) is 28.8 Å². The average Bonchev–Trinajstić information content (AvgIpc) is 2.67. The summed E-state index contributed by atoms with van der Waals surface area (Å²) in [6.07, 6.45) is 7.02. The van der Waals surface area contributed by atoms with Crippen molar-refractivity contribution in [2.75, 3.05) is 31.5 Å². The lowest BCUT2D eigenvalue weighted by Gasteiger charge is -2.27. The van der Waals surface area contributed by atoms with Gasteiger partial charge in [-0.2, -0.15) is 0 Å². The van der Waals surface area contributed by atoms with E-state index in [2.05, 4.69) is 10.6 Å². The van der Waals surface area contributed by atoms with Crippen molar-refractivity contribution >= 4 is 41.5 Å². The maximum atomic E-state index is 12.6. The second kappa shape index (κ2) is 10.9. The van der Waals surface area contributed by atoms with Gasteiger partial charge < -0.3 is 15.5 Å². The topological polar surface area (TPSA) is 61.4 Å². The van der Waals surface area contributed by atoms with Gasteiger partial charge in [-0.15, -0.1) is 12.4 Å². The van der Waals surface area contributed by atoms with E-state index < -0.39 is 0 Å². The Kier molecular flexibility index (Phi) is 8.87. The number of carbonyl (C=O) groups excluding carboxylic acids is 2. The van der Waals surface area contributed by atoms with E-state index >= 15 is 0 Å². The van der Waals surface area contributed by atoms with Crippen LogP contribution in [0, 0.1) is 5.92 Å². The number of piperidine rings is 2. The molecular formula is C20H29Cl2N3O2. The van der Waals surface area contributed by atoms with Crippen LogP contribution in [0.5, 0.6) is 0 Å². The predicted octanol–water partition coefficient (Wildman–Crippen LogP) is 4.11. The number of amides is 2. The van der Waals surface area contributed by atoms with Crippen LogP contribution >= 0.6 is 24.0 Å². The Bertz CT molecular complexity index is 642. The SMILES string of the molecule is Cl.O=C(CCC1CCNCC1)Nc1ccc(C(=O)N2CCCCC2)c(Cl)c1. The second-order valence-corrected chi connectivity index (χ2v) is 7.73. The Morgan fingerprint density at radius 3 is 2.52 bits per heavy atom. The van der Waals surface area contributed by atoms with Crippen LogP contribution in [0.3, 0.4) is 0 Å². The highest BCUT2D eigenvalue weighted by molar-refractivity contribution is 6.34. The van der Waals surface area contributed by atoms with Gasteiger partial charge in [-0.1, -0.05) is 11.6 Å². The van der Waals surface area contributed by atoms with E-state index in [0.717, 1.165) is 58.3 Å². The summed E-state index contributed by atoms with van der Waals surface area (Å²) in [6.45, 7) is 3.69. The maximum absolute atomic E-state index is 12.6. The standard InChI is InChI=1S/C20H28ClN3O2.ClH/c21-18-14-16(23-19(25)7-4-15-8-10-22-11-9-15)5-6-17(18)20(26)24-12-2-1-3-13-24;/h5-6,14-15,22H,1-4,7-13H2,(H,23,25);1H. The molecule has 0 atom stereocenters. The smallest absolute Gasteiger partial charge is 0.255 e. The van der Waals surface area contributed by atoms with Crippen LogP contribution in [-0.2, 0) is 4.79 Å². The molecule has 2 heterocycles. The molecule has 0 saturated carbocycles. The summed E-state index contributed by atoms with van der Waals surface area (Å²) in [7, 11) is 0. The van der Waals surface area contributed by atoms with Crippen molar-refractivity contribution in [3.63, 3.8) is 0 Å². The summed E-state index contributed by atoms with van der Waals surface area (Å²) in [5, 5.41) is 6.64. The van der Waals surface area contributed by atoms with Gasteiger partial charge >= 0.3 is 0 Å². The summed E-state index contributed by atoms with van der Waals surface area (Å²) in [5.74, 6) is 0.628. The molecule has 2 amide bonds. The Labute approximate surface area is 172 Å². The average molecular weight is 414 g/mol. The molecule has 2 fully saturated rings. The summed E-state index contributed by atoms with van der Waals surface area (Å²) < 4.78 is 0. The van der Waals surface area contributed by atoms with E-state index in [1.807, 2.05) is 4.90 Å². The van der Waals surface area contributed by atoms with E-state index in [-0.39, 0.29) is 24.2 Å². The maximum Gasteiger partial charge on any atom is 0.255 e. The zero-order chi connectivity index (χ0) is 18.4. The molecular weight excluding hydrogens is 385 g/mol. The molecule has 0 aliphatic carbocycles. The third kappa shape index (κ3) is 6.37. The highest BCUT2D eigenvalue weighted by atomic mass is 35.5. The molecule has 0 radical (unpaired) electrons. The molecule has 1 aromatic carbocycles. The molecule has 27 heavy (non-hydrogen) atoms. The van der Waals surface area contributed by atoms with Gasteiger partial charge in [0.15, 0.2) is 0 Å². The number of nitrogens with one attached hydrogen (secondary N) is 2. The number of hydrogen-bond donors (Lipinski definition) is 2. The minimum Gasteiger partial charge on any atom is -0.339 e. The largest absolute Gasteiger partial charge is 0.339 e. The molecule has 1 aromatic rings. The lowest BCUT2D eigenvalue weighted by Crippen LogP contribution is -2.35. The van der Waals surface area contributed by atoms with Crippen LogP contribution in [0.2, 0.25) is 5.02 Å². The zero-order valence-corrected chi connectivity index (χ0v) is 17.2. The van der Waals surface area contributed by atoms with Gasteiger partial charge in [0.2, 0.25) is 5.91 Å². The first-order valence-corrected chi connectivity index (χ1v) is 10.1. The third-order valence-electron chi connectivity index (χ3n) is 5.36. The summed E-state index contributed by atoms with van der Waals surface area (Å²) in [6, 6.07) is 5.17. The summed E-state index contributed by atoms with van der Waals surface area (Å²) in [5.41, 5.74) is 1.17. The fraction of sp³-hybridized carbons (Fsp3) is 0.600. The minimum absolute atomic E-state index is 0. The second-order valence-electron chi connectivity index (χ2n) is 7.33. The van der Waals surface area contributed by atoms with Crippen molar-refractivity contribution in [1.82, 2.24) is 10.2 Å². The number of rotatable bonds is 5. The number of nitrogens with zero attached hydrogens (tertiary/aromatic N) is 1. The summed E-state index contributed by atoms with van der Waals surface area (Å²) in [4.78, 5) is 26.6. The quantitative estimate of drug-likeness (QED) is 0.763. The van der Waals surface area contributed by atoms with Gasteiger partial charge in [0.25, 0.3) is 5.91 Å². The van der Waals surface area contributed by atoms with Gasteiger partial charge in [0.05, 0.1) is 10.6 Å². The molecule has 5 nitrogen and oxygen atoms in total. The minimum atomic E-state index is -0.0153. The molecule has 3 rings (SSSR count). The van der Waals surface area contributed by atoms with Gasteiger partial charge in [-0.05, 0) is 75.7 Å². The van der Waals surface area contributed by atoms with Gasteiger partial charge in [0, 0.05) is 25.2 Å². The van der Waals surface area contributed by atoms with Gasteiger partial charge in [0.1, 0.15) is 0 Å². The van der Waals surface area contributed by atoms with Gasteiger partial charge in [-0.3, -0.25) is 9.59 Å². The highest BCUT2D eigenvalue weighted by Gasteiger charge is 2.21. The molecule has 0 unspecified atom stereocenters. The van der Waals surface area contributed by atoms with Gasteiger partial charge in [-0.25, -0.2) is 0 Å². The number of anilines is 1. The van der Waals surface area contributed by atoms with E-state index in [4.69, 9.17) is 11.6 Å². The number of halogens is 2. The lowest BCUT2D eigenvalue weighted by atomic mass is 9.93. The van der Waals surface area contributed by atoms with Crippen molar-refractivity contribution < 1.29 is 9.59 Å². The number of carbonyl (C=O) groups is 2. The molecule has 7 heteroatoms. The first kappa shape index (κ1) is 22.0. The van der Waals surface area contributed by atoms with Crippen LogP contribution in [-0.4, -0.2) is 42.9 Å². The molecule has 150 valence electrons. The van der Waals surface area contributed by atoms with Crippen LogP contribution in [0.1, 0.15) is 55.3 Å². The van der Waals surface area contributed by atoms with Crippen LogP contribution in [0.15, 0.2) is 18.2 Å². The van der Waals surface area contributed by atoms with Crippen LogP contribution in [0.25, 0.3) is 0 Å². The first-order chi connectivity index (χ1) is 12.6. The van der Waals surface area contributed by atoms with E-state index in [1.165, 1.54) is 6.42 Å². The third-order valence-corrected chi connectivity index (χ3v) is 5.68. The zero-order valence-electron chi connectivity index (χ0n) is 15.6. The normalized spacial score (nSPS) is 17.9. The Balaban J connectivity index is 0.00000261. The van der Waals surface area contributed by atoms with Crippen molar-refractivity contribution in [2.45, 2.75) is 44.9 Å². The van der Waals surface area contributed by atoms with Crippen molar-refractivity contribution in [1.29, 1.82) is 0 Å². The molecule has 0 spiro atoms. The number of benzene rings is 1. The van der Waals surface area contributed by atoms with Crippen LogP contribution < -0.4 is 10.6 Å². The Morgan fingerprint density at radius 1 is 1.15 bits per heavy atom. The predicted molar refractivity (Wildman–Crippen MR) is 112 cm³/mol. The monoisotopic (exact) mass is 413 g/mol. The molecule has 2 aliphatic rings. The molecule has 0 aromatic heterocycles. The molecule has 0 bridgehead atoms. The van der Waals surface area contributed by atoms with E-state index in [0.29, 0.717) is 28.6 Å². The fourth-order valence-corrected chi connectivity index (χ4v) is 4.02. The van der Waals surface area contributed by atoms with Crippen molar-refractivity contribution in [2.24, 2.45) is 5.92 Å². The fourth-order valence-electron chi connectivity index (χ4n) is 3.76. The molecule has 2 saturated heterocycles. The molecule has 2 aliphatic heterocycles.